The summed E-state index contributed by atoms with van der Waals surface area (Å²) in [7, 11) is 8.23. The maximum absolute atomic E-state index is 12.6. The minimum atomic E-state index is -0.474. The van der Waals surface area contributed by atoms with Crippen LogP contribution in [0.1, 0.15) is 26.7 Å². The number of halogens is 1. The van der Waals surface area contributed by atoms with Gasteiger partial charge in [0.1, 0.15) is 0 Å². The van der Waals surface area contributed by atoms with Gasteiger partial charge in [0, 0.05) is 19.0 Å². The summed E-state index contributed by atoms with van der Waals surface area (Å²) in [6.45, 7) is 7.47. The molecule has 0 unspecified atom stereocenters. The zero-order valence-electron chi connectivity index (χ0n) is 14.1. The van der Waals surface area contributed by atoms with Gasteiger partial charge in [0.15, 0.2) is 0 Å². The first-order valence-corrected chi connectivity index (χ1v) is 7.89. The molecule has 4 nitrogen and oxygen atoms in total. The molecule has 0 aromatic rings. The molecule has 0 aliphatic rings. The van der Waals surface area contributed by atoms with Crippen LogP contribution in [0.25, 0.3) is 0 Å². The standard InChI is InChI=1S/C15H32ClN3O/c1-15(2,13-16)14(20)19(11-7-9-17(3)4)12-8-10-18(5)6/h7-13H2,1-6H3. The first-order chi connectivity index (χ1) is 9.20. The lowest BCUT2D eigenvalue weighted by atomic mass is 9.94. The number of alkyl halides is 1. The number of hydrogen-bond donors (Lipinski definition) is 0. The lowest BCUT2D eigenvalue weighted by Crippen LogP contribution is -2.44. The van der Waals surface area contributed by atoms with E-state index in [4.69, 9.17) is 11.6 Å². The van der Waals surface area contributed by atoms with Gasteiger partial charge in [0.25, 0.3) is 0 Å². The van der Waals surface area contributed by atoms with Gasteiger partial charge in [-0.05, 0) is 68.0 Å². The van der Waals surface area contributed by atoms with E-state index in [0.717, 1.165) is 39.0 Å². The molecule has 0 spiro atoms. The van der Waals surface area contributed by atoms with Crippen molar-refractivity contribution in [3.05, 3.63) is 0 Å². The second-order valence-corrected chi connectivity index (χ2v) is 6.89. The fraction of sp³-hybridized carbons (Fsp3) is 0.933. The molecular formula is C15H32ClN3O. The number of carbonyl (C=O) groups is 1. The van der Waals surface area contributed by atoms with E-state index in [9.17, 15) is 4.79 Å². The van der Waals surface area contributed by atoms with Crippen molar-refractivity contribution < 1.29 is 4.79 Å². The minimum absolute atomic E-state index is 0.171. The monoisotopic (exact) mass is 305 g/mol. The molecule has 0 aliphatic heterocycles. The van der Waals surface area contributed by atoms with Crippen molar-refractivity contribution in [2.75, 3.05) is 60.2 Å². The highest BCUT2D eigenvalue weighted by Crippen LogP contribution is 2.21. The first kappa shape index (κ1) is 19.7. The molecule has 1 amide bonds. The van der Waals surface area contributed by atoms with Crippen LogP contribution in [-0.4, -0.2) is 80.9 Å². The average molecular weight is 306 g/mol. The van der Waals surface area contributed by atoms with Gasteiger partial charge in [-0.3, -0.25) is 4.79 Å². The first-order valence-electron chi connectivity index (χ1n) is 7.35. The van der Waals surface area contributed by atoms with Gasteiger partial charge in [-0.1, -0.05) is 0 Å². The fourth-order valence-corrected chi connectivity index (χ4v) is 2.07. The third kappa shape index (κ3) is 8.08. The van der Waals surface area contributed by atoms with E-state index in [0.29, 0.717) is 5.88 Å². The Morgan fingerprint density at radius 3 is 1.60 bits per heavy atom. The maximum atomic E-state index is 12.6. The van der Waals surface area contributed by atoms with Crippen molar-refractivity contribution >= 4 is 17.5 Å². The summed E-state index contributed by atoms with van der Waals surface area (Å²) in [6, 6.07) is 0. The Morgan fingerprint density at radius 2 is 1.30 bits per heavy atom. The predicted octanol–water partition coefficient (Wildman–Crippen LogP) is 1.98. The molecule has 0 fully saturated rings. The number of nitrogens with zero attached hydrogens (tertiary/aromatic N) is 3. The van der Waals surface area contributed by atoms with Crippen molar-refractivity contribution in [2.24, 2.45) is 5.41 Å². The Morgan fingerprint density at radius 1 is 0.900 bits per heavy atom. The number of rotatable bonds is 10. The average Bonchev–Trinajstić information content (AvgIpc) is 2.35. The zero-order chi connectivity index (χ0) is 15.8. The molecule has 0 bridgehead atoms. The Hall–Kier alpha value is -0.320. The fourth-order valence-electron chi connectivity index (χ4n) is 1.96. The number of carbonyl (C=O) groups excluding carboxylic acids is 1. The third-order valence-electron chi connectivity index (χ3n) is 3.27. The van der Waals surface area contributed by atoms with Crippen LogP contribution in [-0.2, 0) is 4.79 Å². The summed E-state index contributed by atoms with van der Waals surface area (Å²) in [5, 5.41) is 0. The molecule has 0 heterocycles. The van der Waals surface area contributed by atoms with E-state index < -0.39 is 5.41 Å². The smallest absolute Gasteiger partial charge is 0.229 e. The summed E-state index contributed by atoms with van der Waals surface area (Å²) in [4.78, 5) is 18.8. The molecule has 0 saturated heterocycles. The lowest BCUT2D eigenvalue weighted by Gasteiger charge is -2.31. The summed E-state index contributed by atoms with van der Waals surface area (Å²) < 4.78 is 0. The third-order valence-corrected chi connectivity index (χ3v) is 3.94. The van der Waals surface area contributed by atoms with Crippen molar-refractivity contribution in [2.45, 2.75) is 26.7 Å². The minimum Gasteiger partial charge on any atom is -0.342 e. The zero-order valence-corrected chi connectivity index (χ0v) is 14.8. The molecule has 5 heteroatoms. The summed E-state index contributed by atoms with van der Waals surface area (Å²) in [6.07, 6.45) is 2.00. The van der Waals surface area contributed by atoms with Gasteiger partial charge in [0.05, 0.1) is 5.41 Å². The quantitative estimate of drug-likeness (QED) is 0.578. The van der Waals surface area contributed by atoms with Gasteiger partial charge in [-0.2, -0.15) is 0 Å². The van der Waals surface area contributed by atoms with E-state index in [1.165, 1.54) is 0 Å². The van der Waals surface area contributed by atoms with Crippen LogP contribution in [0, 0.1) is 5.41 Å². The van der Waals surface area contributed by atoms with Crippen LogP contribution in [0.4, 0.5) is 0 Å². The van der Waals surface area contributed by atoms with Crippen LogP contribution in [0.2, 0.25) is 0 Å². The Labute approximate surface area is 130 Å². The van der Waals surface area contributed by atoms with E-state index in [1.807, 2.05) is 18.7 Å². The van der Waals surface area contributed by atoms with Crippen molar-refractivity contribution in [3.63, 3.8) is 0 Å². The molecule has 120 valence electrons. The maximum Gasteiger partial charge on any atom is 0.229 e. The van der Waals surface area contributed by atoms with Crippen LogP contribution in [0.3, 0.4) is 0 Å². The molecule has 0 radical (unpaired) electrons. The van der Waals surface area contributed by atoms with Crippen molar-refractivity contribution in [3.8, 4) is 0 Å². The highest BCUT2D eigenvalue weighted by atomic mass is 35.5. The second-order valence-electron chi connectivity index (χ2n) is 6.62. The van der Waals surface area contributed by atoms with Gasteiger partial charge in [-0.15, -0.1) is 11.6 Å². The molecule has 0 aromatic carbocycles. The highest BCUT2D eigenvalue weighted by molar-refractivity contribution is 6.19. The molecule has 20 heavy (non-hydrogen) atoms. The Bertz CT molecular complexity index is 266. The molecule has 0 aliphatic carbocycles. The van der Waals surface area contributed by atoms with Crippen molar-refractivity contribution in [1.29, 1.82) is 0 Å². The van der Waals surface area contributed by atoms with Crippen LogP contribution < -0.4 is 0 Å². The van der Waals surface area contributed by atoms with E-state index in [-0.39, 0.29) is 5.91 Å². The molecule has 0 rings (SSSR count). The second kappa shape index (κ2) is 9.59. The number of amides is 1. The van der Waals surface area contributed by atoms with Crippen LogP contribution in [0.15, 0.2) is 0 Å². The van der Waals surface area contributed by atoms with Gasteiger partial charge < -0.3 is 14.7 Å². The van der Waals surface area contributed by atoms with Gasteiger partial charge >= 0.3 is 0 Å². The molecule has 0 aromatic heterocycles. The summed E-state index contributed by atoms with van der Waals surface area (Å²) >= 11 is 5.94. The van der Waals surface area contributed by atoms with E-state index in [2.05, 4.69) is 38.0 Å². The topological polar surface area (TPSA) is 26.8 Å². The summed E-state index contributed by atoms with van der Waals surface area (Å²) in [5.74, 6) is 0.536. The molecule has 0 saturated carbocycles. The highest BCUT2D eigenvalue weighted by Gasteiger charge is 2.30. The van der Waals surface area contributed by atoms with E-state index in [1.54, 1.807) is 0 Å². The van der Waals surface area contributed by atoms with Crippen LogP contribution in [0.5, 0.6) is 0 Å². The van der Waals surface area contributed by atoms with Crippen LogP contribution >= 0.6 is 11.6 Å². The largest absolute Gasteiger partial charge is 0.342 e. The lowest BCUT2D eigenvalue weighted by molar-refractivity contribution is -0.139. The molecule has 0 N–H and O–H groups in total. The number of hydrogen-bond acceptors (Lipinski definition) is 3. The molecular weight excluding hydrogens is 274 g/mol. The molecule has 0 atom stereocenters. The summed E-state index contributed by atoms with van der Waals surface area (Å²) in [5.41, 5.74) is -0.474. The Kier molecular flexibility index (Phi) is 9.43. The van der Waals surface area contributed by atoms with Crippen molar-refractivity contribution in [1.82, 2.24) is 14.7 Å². The van der Waals surface area contributed by atoms with E-state index >= 15 is 0 Å². The SMILES string of the molecule is CN(C)CCCN(CCCN(C)C)C(=O)C(C)(C)CCl. The normalized spacial score (nSPS) is 12.2. The predicted molar refractivity (Wildman–Crippen MR) is 87.4 cm³/mol. The van der Waals surface area contributed by atoms with Gasteiger partial charge in [-0.25, -0.2) is 0 Å². The van der Waals surface area contributed by atoms with Gasteiger partial charge in [0.2, 0.25) is 5.91 Å². The Balaban J connectivity index is 4.48.